The van der Waals surface area contributed by atoms with Gasteiger partial charge in [-0.3, -0.25) is 48.3 Å². The zero-order chi connectivity index (χ0) is 51.1. The van der Waals surface area contributed by atoms with Gasteiger partial charge in [-0.25, -0.2) is 0 Å². The normalized spacial score (nSPS) is 19.7. The Morgan fingerprint density at radius 3 is 2.09 bits per heavy atom. The summed E-state index contributed by atoms with van der Waals surface area (Å²) in [7, 11) is 2.61. The van der Waals surface area contributed by atoms with Crippen molar-refractivity contribution in [3.05, 3.63) is 65.7 Å². The molecule has 0 radical (unpaired) electrons. The molecule has 1 fully saturated rings. The Morgan fingerprint density at radius 1 is 0.826 bits per heavy atom. The van der Waals surface area contributed by atoms with Gasteiger partial charge in [-0.15, -0.1) is 0 Å². The molecule has 1 aliphatic heterocycles. The van der Waals surface area contributed by atoms with Crippen LogP contribution in [-0.4, -0.2) is 112 Å². The van der Waals surface area contributed by atoms with Gasteiger partial charge in [-0.05, 0) is 75.6 Å². The van der Waals surface area contributed by atoms with Gasteiger partial charge in [-0.2, -0.15) is 0 Å². The summed E-state index contributed by atoms with van der Waals surface area (Å²) in [5, 5.41) is 20.8. The average Bonchev–Trinajstić information content (AvgIpc) is 3.29. The van der Waals surface area contributed by atoms with Crippen LogP contribution >= 0.6 is 21.6 Å². The largest absolute Gasteiger partial charge is 0.508 e. The molecule has 15 N–H and O–H groups in total. The lowest BCUT2D eigenvalue weighted by molar-refractivity contribution is -0.134. The third kappa shape index (κ3) is 22.2. The van der Waals surface area contributed by atoms with Crippen molar-refractivity contribution in [1.29, 1.82) is 0 Å². The van der Waals surface area contributed by atoms with Gasteiger partial charge >= 0.3 is 0 Å². The molecule has 22 heteroatoms. The molecule has 1 heterocycles. The zero-order valence-corrected chi connectivity index (χ0v) is 41.2. The van der Waals surface area contributed by atoms with Gasteiger partial charge in [0.05, 0.1) is 30.5 Å². The number of aliphatic imine (C=N–C) groups is 2. The molecule has 0 aliphatic carbocycles. The van der Waals surface area contributed by atoms with Crippen molar-refractivity contribution in [3.63, 3.8) is 0 Å². The smallest absolute Gasteiger partial charge is 0.225 e. The van der Waals surface area contributed by atoms with E-state index in [-0.39, 0.29) is 94.4 Å². The SMILES string of the molecule is C[C@@H](Cc1ccc(O)cc1)C(=O)N[C@@H]1CC(=O)NCC(C)(C)SSC[C@@H](C(=O)N[C@@H](CCCN=C(N)N)C(=O)C[C@@H](CCCN=C(N)N)C(N)=O)CC(=O)[C@H](Cc2ccccc2)NC(=O)CCC1=O. The van der Waals surface area contributed by atoms with Crippen LogP contribution in [0.3, 0.4) is 0 Å². The van der Waals surface area contributed by atoms with Crippen molar-refractivity contribution in [2.24, 2.45) is 56.4 Å². The van der Waals surface area contributed by atoms with Gasteiger partial charge in [0.15, 0.2) is 29.3 Å². The quantitative estimate of drug-likeness (QED) is 0.0384. The molecule has 0 saturated carbocycles. The van der Waals surface area contributed by atoms with Crippen molar-refractivity contribution < 1.29 is 43.5 Å². The maximum absolute atomic E-state index is 14.4. The van der Waals surface area contributed by atoms with Gasteiger partial charge < -0.3 is 55.0 Å². The number of ketones is 3. The number of aromatic hydroxyl groups is 1. The maximum atomic E-state index is 14.4. The number of Topliss-reactive ketones (excluding diaryl/α,β-unsaturated/α-hetero) is 3. The van der Waals surface area contributed by atoms with Crippen LogP contribution in [0.1, 0.15) is 89.7 Å². The van der Waals surface area contributed by atoms with E-state index in [9.17, 15) is 43.5 Å². The van der Waals surface area contributed by atoms with Gasteiger partial charge in [-0.1, -0.05) is 71.0 Å². The van der Waals surface area contributed by atoms with Gasteiger partial charge in [0, 0.05) is 67.7 Å². The maximum Gasteiger partial charge on any atom is 0.225 e. The van der Waals surface area contributed by atoms with E-state index in [4.69, 9.17) is 28.7 Å². The van der Waals surface area contributed by atoms with E-state index in [2.05, 4.69) is 31.3 Å². The topological polar surface area (TPSA) is 360 Å². The second-order valence-corrected chi connectivity index (χ2v) is 20.9. The molecular weight excluding hydrogens is 927 g/mol. The molecular formula is C47H69N11O9S2. The Labute approximate surface area is 411 Å². The molecule has 0 spiro atoms. The molecule has 69 heavy (non-hydrogen) atoms. The van der Waals surface area contributed by atoms with E-state index in [1.165, 1.54) is 33.7 Å². The van der Waals surface area contributed by atoms with Crippen LogP contribution in [-0.2, 0) is 51.2 Å². The Hall–Kier alpha value is -6.16. The zero-order valence-electron chi connectivity index (χ0n) is 39.6. The fourth-order valence-corrected chi connectivity index (χ4v) is 10.1. The summed E-state index contributed by atoms with van der Waals surface area (Å²) in [6, 6.07) is 11.8. The molecule has 20 nitrogen and oxygen atoms in total. The van der Waals surface area contributed by atoms with Crippen LogP contribution < -0.4 is 49.9 Å². The molecule has 0 aromatic heterocycles. The number of benzene rings is 2. The molecule has 2 aromatic carbocycles. The second kappa shape index (κ2) is 29.0. The summed E-state index contributed by atoms with van der Waals surface area (Å²) >= 11 is 0. The van der Waals surface area contributed by atoms with E-state index in [1.54, 1.807) is 49.4 Å². The third-order valence-corrected chi connectivity index (χ3v) is 14.6. The summed E-state index contributed by atoms with van der Waals surface area (Å²) in [6.07, 6.45) is -0.498. The molecule has 1 saturated heterocycles. The highest BCUT2D eigenvalue weighted by Gasteiger charge is 2.34. The minimum Gasteiger partial charge on any atom is -0.508 e. The molecule has 378 valence electrons. The number of rotatable bonds is 20. The number of hydrogen-bond acceptors (Lipinski definition) is 13. The minimum atomic E-state index is -1.25. The Morgan fingerprint density at radius 2 is 1.46 bits per heavy atom. The highest BCUT2D eigenvalue weighted by Crippen LogP contribution is 2.37. The molecule has 6 atom stereocenters. The number of carbonyl (C=O) groups is 8. The monoisotopic (exact) mass is 995 g/mol. The molecule has 1 aliphatic rings. The predicted molar refractivity (Wildman–Crippen MR) is 268 cm³/mol. The fourth-order valence-electron chi connectivity index (χ4n) is 7.28. The van der Waals surface area contributed by atoms with E-state index in [0.29, 0.717) is 18.4 Å². The lowest BCUT2D eigenvalue weighted by atomic mass is 9.91. The summed E-state index contributed by atoms with van der Waals surface area (Å²) in [5.41, 5.74) is 29.0. The number of phenols is 1. The van der Waals surface area contributed by atoms with Crippen molar-refractivity contribution in [3.8, 4) is 5.75 Å². The van der Waals surface area contributed by atoms with Crippen LogP contribution in [0, 0.1) is 17.8 Å². The van der Waals surface area contributed by atoms with Gasteiger partial charge in [0.1, 0.15) is 5.75 Å². The highest BCUT2D eigenvalue weighted by atomic mass is 33.1. The summed E-state index contributed by atoms with van der Waals surface area (Å²) in [6.45, 7) is 5.87. The first-order valence-corrected chi connectivity index (χ1v) is 25.2. The van der Waals surface area contributed by atoms with Gasteiger partial charge in [0.2, 0.25) is 29.5 Å². The molecule has 5 amide bonds. The van der Waals surface area contributed by atoms with Crippen molar-refractivity contribution in [2.45, 2.75) is 114 Å². The summed E-state index contributed by atoms with van der Waals surface area (Å²) in [4.78, 5) is 117. The lowest BCUT2D eigenvalue weighted by Crippen LogP contribution is -2.48. The predicted octanol–water partition coefficient (Wildman–Crippen LogP) is 1.04. The van der Waals surface area contributed by atoms with Crippen molar-refractivity contribution >= 4 is 80.4 Å². The third-order valence-electron chi connectivity index (χ3n) is 11.2. The number of carbonyl (C=O) groups excluding carboxylic acids is 8. The van der Waals surface area contributed by atoms with Crippen LogP contribution in [0.25, 0.3) is 0 Å². The van der Waals surface area contributed by atoms with E-state index < -0.39 is 93.9 Å². The van der Waals surface area contributed by atoms with E-state index in [1.807, 2.05) is 13.8 Å². The number of guanidine groups is 2. The average molecular weight is 996 g/mol. The number of hydrogen-bond donors (Lipinski definition) is 10. The van der Waals surface area contributed by atoms with Crippen LogP contribution in [0.2, 0.25) is 0 Å². The Bertz CT molecular complexity index is 2130. The van der Waals surface area contributed by atoms with Crippen molar-refractivity contribution in [1.82, 2.24) is 21.3 Å². The summed E-state index contributed by atoms with van der Waals surface area (Å²) < 4.78 is -0.656. The number of nitrogens with zero attached hydrogens (tertiary/aromatic N) is 2. The first kappa shape index (κ1) is 57.2. The number of nitrogens with two attached hydrogens (primary N) is 5. The van der Waals surface area contributed by atoms with Crippen LogP contribution in [0.5, 0.6) is 5.75 Å². The molecule has 2 aromatic rings. The Kier molecular flexibility index (Phi) is 24.0. The second-order valence-electron chi connectivity index (χ2n) is 17.8. The van der Waals surface area contributed by atoms with Gasteiger partial charge in [0.25, 0.3) is 0 Å². The first-order valence-electron chi connectivity index (χ1n) is 22.9. The number of nitrogens with one attached hydrogen (secondary N) is 4. The van der Waals surface area contributed by atoms with Crippen LogP contribution in [0.15, 0.2) is 64.6 Å². The standard InChI is InChI=1S/C47H69N11O9S2/c1-28(21-30-13-15-33(59)16-14-30)43(66)58-36-25-41(64)55-27-47(2,3)69-68-26-32(24-39(62)35(22-29-9-5-4-6-10-29)56-40(63)18-17-37(36)60)44(67)57-34(12-8-20-54-46(51)52)38(61)23-31(42(48)65)11-7-19-53-45(49)50/h4-6,9-10,13-16,28,31-32,34-36,59H,7-8,11-12,17-27H2,1-3H3,(H2,48,65)(H,55,64)(H,56,63)(H,57,67)(H,58,66)(H4,49,50,53)(H4,51,52,54)/t28-,31+,32-,34-,35-,36+/m0/s1. The van der Waals surface area contributed by atoms with Crippen LogP contribution in [0.4, 0.5) is 0 Å². The number of amides is 5. The molecule has 3 rings (SSSR count). The molecule has 0 bridgehead atoms. The fraction of sp³-hybridized carbons (Fsp3) is 0.532. The minimum absolute atomic E-state index is 0.0595. The van der Waals surface area contributed by atoms with Crippen molar-refractivity contribution in [2.75, 3.05) is 25.4 Å². The Balaban J connectivity index is 1.91. The highest BCUT2D eigenvalue weighted by molar-refractivity contribution is 8.77. The van der Waals surface area contributed by atoms with E-state index in [0.717, 1.165) is 5.56 Å². The first-order chi connectivity index (χ1) is 32.6. The number of primary amides is 1. The van der Waals surface area contributed by atoms with E-state index >= 15 is 0 Å². The number of phenolic OH excluding ortho intramolecular Hbond substituents is 1. The lowest BCUT2D eigenvalue weighted by Gasteiger charge is -2.27. The molecule has 0 unspecified atom stereocenters. The summed E-state index contributed by atoms with van der Waals surface area (Å²) in [5.74, 6) is -7.15.